The van der Waals surface area contributed by atoms with Crippen molar-refractivity contribution in [1.82, 2.24) is 15.5 Å². The van der Waals surface area contributed by atoms with Crippen molar-refractivity contribution in [3.63, 3.8) is 0 Å². The lowest BCUT2D eigenvalue weighted by Crippen LogP contribution is -2.46. The van der Waals surface area contributed by atoms with Gasteiger partial charge in [0.25, 0.3) is 5.89 Å². The van der Waals surface area contributed by atoms with Crippen molar-refractivity contribution in [2.75, 3.05) is 12.0 Å². The number of methoxy groups -OCH3 is 1. The van der Waals surface area contributed by atoms with E-state index in [0.717, 1.165) is 33.8 Å². The summed E-state index contributed by atoms with van der Waals surface area (Å²) in [4.78, 5) is 6.82. The van der Waals surface area contributed by atoms with Crippen LogP contribution in [0.15, 0.2) is 83.0 Å². The maximum Gasteiger partial charge on any atom is 0.258 e. The Morgan fingerprint density at radius 3 is 2.37 bits per heavy atom. The molecule has 6 nitrogen and oxygen atoms in total. The molecule has 0 saturated heterocycles. The molecule has 5 rings (SSSR count). The fourth-order valence-corrected chi connectivity index (χ4v) is 4.64. The van der Waals surface area contributed by atoms with E-state index >= 15 is 0 Å². The third-order valence-corrected chi connectivity index (χ3v) is 6.67. The van der Waals surface area contributed by atoms with Gasteiger partial charge in [0.05, 0.1) is 18.7 Å². The highest BCUT2D eigenvalue weighted by Crippen LogP contribution is 2.39. The smallest absolute Gasteiger partial charge is 0.258 e. The summed E-state index contributed by atoms with van der Waals surface area (Å²) in [6.07, 6.45) is 0. The third kappa shape index (κ3) is 4.31. The van der Waals surface area contributed by atoms with Crippen LogP contribution in [0, 0.1) is 13.8 Å². The van der Waals surface area contributed by atoms with Gasteiger partial charge in [0.1, 0.15) is 5.75 Å². The number of thiocarbonyl (C=S) groups is 1. The molecule has 4 aromatic rings. The lowest BCUT2D eigenvalue weighted by Gasteiger charge is -2.37. The number of nitrogens with one attached hydrogen (secondary N) is 1. The van der Waals surface area contributed by atoms with Gasteiger partial charge in [-0.05, 0) is 86.1 Å². The first-order chi connectivity index (χ1) is 17.0. The van der Waals surface area contributed by atoms with Crippen LogP contribution in [0.1, 0.15) is 35.5 Å². The molecule has 0 fully saturated rings. The SMILES string of the molecule is COc1ccc(-c2noc(C3=C(C)N(c4ccc(C)c(C)c4)C(=S)NC3c3ccccc3)n2)cc1. The number of anilines is 1. The summed E-state index contributed by atoms with van der Waals surface area (Å²) in [6.45, 7) is 6.25. The lowest BCUT2D eigenvalue weighted by atomic mass is 9.94. The zero-order valence-corrected chi connectivity index (χ0v) is 20.9. The van der Waals surface area contributed by atoms with Crippen LogP contribution in [0.3, 0.4) is 0 Å². The van der Waals surface area contributed by atoms with Gasteiger partial charge in [-0.15, -0.1) is 0 Å². The van der Waals surface area contributed by atoms with Crippen molar-refractivity contribution in [2.24, 2.45) is 0 Å². The molecule has 2 heterocycles. The zero-order chi connectivity index (χ0) is 24.5. The minimum atomic E-state index is -0.226. The topological polar surface area (TPSA) is 63.4 Å². The summed E-state index contributed by atoms with van der Waals surface area (Å²) in [5, 5.41) is 8.42. The third-order valence-electron chi connectivity index (χ3n) is 6.37. The number of benzene rings is 3. The monoisotopic (exact) mass is 482 g/mol. The first kappa shape index (κ1) is 22.8. The Morgan fingerprint density at radius 1 is 0.943 bits per heavy atom. The van der Waals surface area contributed by atoms with Gasteiger partial charge in [-0.25, -0.2) is 0 Å². The van der Waals surface area contributed by atoms with Gasteiger partial charge >= 0.3 is 0 Å². The van der Waals surface area contributed by atoms with E-state index < -0.39 is 0 Å². The van der Waals surface area contributed by atoms with E-state index in [1.54, 1.807) is 7.11 Å². The molecule has 1 atom stereocenters. The van der Waals surface area contributed by atoms with E-state index in [-0.39, 0.29) is 6.04 Å². The van der Waals surface area contributed by atoms with E-state index in [0.29, 0.717) is 16.8 Å². The van der Waals surface area contributed by atoms with Crippen molar-refractivity contribution in [3.8, 4) is 17.1 Å². The largest absolute Gasteiger partial charge is 0.497 e. The maximum atomic E-state index is 5.85. The quantitative estimate of drug-likeness (QED) is 0.338. The van der Waals surface area contributed by atoms with Crippen molar-refractivity contribution < 1.29 is 9.26 Å². The van der Waals surface area contributed by atoms with Crippen molar-refractivity contribution in [1.29, 1.82) is 0 Å². The number of rotatable bonds is 5. The van der Waals surface area contributed by atoms with Crippen LogP contribution in [0.25, 0.3) is 17.0 Å². The van der Waals surface area contributed by atoms with Gasteiger partial charge in [-0.2, -0.15) is 4.98 Å². The number of hydrogen-bond acceptors (Lipinski definition) is 5. The van der Waals surface area contributed by atoms with Crippen LogP contribution in [-0.4, -0.2) is 22.4 Å². The Balaban J connectivity index is 1.63. The van der Waals surface area contributed by atoms with E-state index in [9.17, 15) is 0 Å². The van der Waals surface area contributed by atoms with Gasteiger partial charge in [-0.1, -0.05) is 41.6 Å². The van der Waals surface area contributed by atoms with E-state index in [2.05, 4.69) is 54.7 Å². The first-order valence-corrected chi connectivity index (χ1v) is 11.8. The average Bonchev–Trinajstić information content (AvgIpc) is 3.36. The Kier molecular flexibility index (Phi) is 6.09. The van der Waals surface area contributed by atoms with Crippen molar-refractivity contribution >= 4 is 28.6 Å². The molecule has 0 amide bonds. The van der Waals surface area contributed by atoms with Gasteiger partial charge < -0.3 is 14.6 Å². The highest BCUT2D eigenvalue weighted by Gasteiger charge is 2.34. The molecular formula is C28H26N4O2S. The Hall–Kier alpha value is -3.97. The average molecular weight is 483 g/mol. The number of allylic oxidation sites excluding steroid dienone is 1. The standard InChI is InChI=1S/C28H26N4O2S/c1-17-10-13-22(16-18(17)2)32-19(3)24(25(29-28(32)35)20-8-6-5-7-9-20)27-30-26(31-34-27)21-11-14-23(33-4)15-12-21/h5-16,25H,1-4H3,(H,29,35). The fourth-order valence-electron chi connectivity index (χ4n) is 4.28. The first-order valence-electron chi connectivity index (χ1n) is 11.4. The van der Waals surface area contributed by atoms with Gasteiger partial charge in [0.15, 0.2) is 5.11 Å². The van der Waals surface area contributed by atoms with Crippen LogP contribution in [0.2, 0.25) is 0 Å². The molecule has 176 valence electrons. The second kappa shape index (κ2) is 9.35. The molecule has 0 aliphatic carbocycles. The summed E-state index contributed by atoms with van der Waals surface area (Å²) >= 11 is 5.85. The summed E-state index contributed by atoms with van der Waals surface area (Å²) in [5.41, 5.74) is 7.15. The number of ether oxygens (including phenoxy) is 1. The predicted octanol–water partition coefficient (Wildman–Crippen LogP) is 6.23. The predicted molar refractivity (Wildman–Crippen MR) is 142 cm³/mol. The van der Waals surface area contributed by atoms with Gasteiger partial charge in [0, 0.05) is 16.9 Å². The molecule has 1 unspecified atom stereocenters. The fraction of sp³-hybridized carbons (Fsp3) is 0.179. The van der Waals surface area contributed by atoms with E-state index in [1.807, 2.05) is 54.3 Å². The van der Waals surface area contributed by atoms with Crippen LogP contribution < -0.4 is 15.0 Å². The highest BCUT2D eigenvalue weighted by molar-refractivity contribution is 7.80. The minimum absolute atomic E-state index is 0.226. The van der Waals surface area contributed by atoms with E-state index in [1.165, 1.54) is 11.1 Å². The van der Waals surface area contributed by atoms with E-state index in [4.69, 9.17) is 26.5 Å². The molecule has 0 radical (unpaired) electrons. The lowest BCUT2D eigenvalue weighted by molar-refractivity contribution is 0.404. The molecule has 1 aliphatic rings. The molecule has 0 spiro atoms. The molecule has 1 N–H and O–H groups in total. The molecule has 7 heteroatoms. The maximum absolute atomic E-state index is 5.85. The zero-order valence-electron chi connectivity index (χ0n) is 20.1. The molecule has 1 aromatic heterocycles. The molecule has 35 heavy (non-hydrogen) atoms. The molecule has 3 aromatic carbocycles. The summed E-state index contributed by atoms with van der Waals surface area (Å²) in [6, 6.07) is 23.9. The Labute approximate surface area is 210 Å². The highest BCUT2D eigenvalue weighted by atomic mass is 32.1. The van der Waals surface area contributed by atoms with Crippen molar-refractivity contribution in [2.45, 2.75) is 26.8 Å². The number of aryl methyl sites for hydroxylation is 2. The second-order valence-corrected chi connectivity index (χ2v) is 8.93. The second-order valence-electron chi connectivity index (χ2n) is 8.55. The van der Waals surface area contributed by atoms with Crippen LogP contribution >= 0.6 is 12.2 Å². The van der Waals surface area contributed by atoms with Crippen molar-refractivity contribution in [3.05, 3.63) is 101 Å². The van der Waals surface area contributed by atoms with Gasteiger partial charge in [0.2, 0.25) is 5.82 Å². The van der Waals surface area contributed by atoms with Crippen LogP contribution in [0.4, 0.5) is 5.69 Å². The number of hydrogen-bond donors (Lipinski definition) is 1. The number of nitrogens with zero attached hydrogens (tertiary/aromatic N) is 3. The summed E-state index contributed by atoms with van der Waals surface area (Å²) in [7, 11) is 1.64. The molecule has 0 bridgehead atoms. The molecule has 1 aliphatic heterocycles. The molecule has 0 saturated carbocycles. The molecular weight excluding hydrogens is 456 g/mol. The minimum Gasteiger partial charge on any atom is -0.497 e. The van der Waals surface area contributed by atoms with Gasteiger partial charge in [-0.3, -0.25) is 4.90 Å². The Morgan fingerprint density at radius 2 is 1.69 bits per heavy atom. The van der Waals surface area contributed by atoms with Crippen LogP contribution in [-0.2, 0) is 0 Å². The Bertz CT molecular complexity index is 1410. The normalized spacial score (nSPS) is 15.8. The summed E-state index contributed by atoms with van der Waals surface area (Å²) in [5.74, 6) is 1.74. The van der Waals surface area contributed by atoms with Crippen LogP contribution in [0.5, 0.6) is 5.75 Å². The summed E-state index contributed by atoms with van der Waals surface area (Å²) < 4.78 is 11.1. The number of aromatic nitrogens is 2.